The van der Waals surface area contributed by atoms with Crippen LogP contribution < -0.4 is 5.32 Å². The Labute approximate surface area is 141 Å². The van der Waals surface area contributed by atoms with Crippen molar-refractivity contribution in [3.8, 4) is 0 Å². The summed E-state index contributed by atoms with van der Waals surface area (Å²) in [5.74, 6) is -0.565. The Kier molecular flexibility index (Phi) is 10.5. The Morgan fingerprint density at radius 3 is 2.48 bits per heavy atom. The lowest BCUT2D eigenvalue weighted by molar-refractivity contribution is -0.139. The zero-order valence-electron chi connectivity index (χ0n) is 15.1. The summed E-state index contributed by atoms with van der Waals surface area (Å²) in [5.41, 5.74) is 0. The van der Waals surface area contributed by atoms with Gasteiger partial charge in [0.2, 0.25) is 0 Å². The summed E-state index contributed by atoms with van der Waals surface area (Å²) < 4.78 is 11.6. The molecule has 0 aromatic rings. The highest BCUT2D eigenvalue weighted by atomic mass is 16.5. The zero-order chi connectivity index (χ0) is 17.1. The van der Waals surface area contributed by atoms with Crippen LogP contribution in [-0.2, 0) is 14.3 Å². The fraction of sp³-hybridized carbons (Fsp3) is 0.944. The van der Waals surface area contributed by atoms with Gasteiger partial charge in [0.05, 0.1) is 31.4 Å². The van der Waals surface area contributed by atoms with Crippen molar-refractivity contribution < 1.29 is 19.4 Å². The van der Waals surface area contributed by atoms with E-state index in [1.165, 1.54) is 38.5 Å². The van der Waals surface area contributed by atoms with Crippen molar-refractivity contribution in [1.82, 2.24) is 5.32 Å². The molecule has 0 radical (unpaired) electrons. The van der Waals surface area contributed by atoms with Gasteiger partial charge in [0.15, 0.2) is 0 Å². The minimum absolute atomic E-state index is 0.0117. The molecule has 1 aliphatic rings. The zero-order valence-corrected chi connectivity index (χ0v) is 15.1. The standard InChI is InChI=1S/C18H35NO4/c1-4-5-6-7-8-9-10-11-15-17(19-12-16(20)21)18(22-3)14(2)13-23-15/h14-15,17-19H,4-13H2,1-3H3,(H,20,21)/t14-,15+,17-,18+/m1/s1. The molecule has 1 rings (SSSR count). The van der Waals surface area contributed by atoms with E-state index in [4.69, 9.17) is 14.6 Å². The number of unbranched alkanes of at least 4 members (excludes halogenated alkanes) is 6. The lowest BCUT2D eigenvalue weighted by Crippen LogP contribution is -2.58. The van der Waals surface area contributed by atoms with Crippen molar-refractivity contribution in [2.45, 2.75) is 83.5 Å². The van der Waals surface area contributed by atoms with E-state index in [1.807, 2.05) is 0 Å². The maximum Gasteiger partial charge on any atom is 0.317 e. The number of carboxylic acids is 1. The van der Waals surface area contributed by atoms with Gasteiger partial charge in [-0.3, -0.25) is 10.1 Å². The summed E-state index contributed by atoms with van der Waals surface area (Å²) in [4.78, 5) is 10.9. The molecule has 5 nitrogen and oxygen atoms in total. The quantitative estimate of drug-likeness (QED) is 0.538. The lowest BCUT2D eigenvalue weighted by atomic mass is 9.88. The van der Waals surface area contributed by atoms with Crippen molar-refractivity contribution in [3.63, 3.8) is 0 Å². The van der Waals surface area contributed by atoms with Gasteiger partial charge in [-0.2, -0.15) is 0 Å². The van der Waals surface area contributed by atoms with Crippen molar-refractivity contribution in [2.24, 2.45) is 5.92 Å². The molecule has 0 aromatic heterocycles. The van der Waals surface area contributed by atoms with Crippen LogP contribution in [0.15, 0.2) is 0 Å². The van der Waals surface area contributed by atoms with Gasteiger partial charge in [0, 0.05) is 13.0 Å². The number of ether oxygens (including phenoxy) is 2. The Balaban J connectivity index is 2.38. The average molecular weight is 329 g/mol. The summed E-state index contributed by atoms with van der Waals surface area (Å²) in [6.45, 7) is 4.96. The second-order valence-electron chi connectivity index (χ2n) is 6.76. The van der Waals surface area contributed by atoms with Gasteiger partial charge in [0.25, 0.3) is 0 Å². The third-order valence-electron chi connectivity index (χ3n) is 4.74. The van der Waals surface area contributed by atoms with Gasteiger partial charge in [-0.1, -0.05) is 58.8 Å². The fourth-order valence-corrected chi connectivity index (χ4v) is 3.44. The highest BCUT2D eigenvalue weighted by Gasteiger charge is 2.38. The molecule has 1 fully saturated rings. The van der Waals surface area contributed by atoms with E-state index in [9.17, 15) is 4.79 Å². The maximum atomic E-state index is 10.9. The first kappa shape index (κ1) is 20.4. The van der Waals surface area contributed by atoms with E-state index in [0.29, 0.717) is 6.61 Å². The molecule has 0 aliphatic carbocycles. The number of aliphatic carboxylic acids is 1. The molecule has 2 N–H and O–H groups in total. The SMILES string of the molecule is CCCCCCCCC[C@@H]1OC[C@@H](C)[C@H](OC)[C@@H]1NCC(=O)O. The molecular weight excluding hydrogens is 294 g/mol. The predicted octanol–water partition coefficient (Wildman–Crippen LogP) is 3.22. The summed E-state index contributed by atoms with van der Waals surface area (Å²) in [6, 6.07) is -0.0417. The van der Waals surface area contributed by atoms with Gasteiger partial charge >= 0.3 is 5.97 Å². The highest BCUT2D eigenvalue weighted by Crippen LogP contribution is 2.26. The molecule has 0 aromatic carbocycles. The van der Waals surface area contributed by atoms with E-state index < -0.39 is 5.97 Å². The second-order valence-corrected chi connectivity index (χ2v) is 6.76. The van der Waals surface area contributed by atoms with Crippen LogP contribution in [0.2, 0.25) is 0 Å². The van der Waals surface area contributed by atoms with Crippen molar-refractivity contribution in [2.75, 3.05) is 20.3 Å². The van der Waals surface area contributed by atoms with Crippen LogP contribution in [0.4, 0.5) is 0 Å². The summed E-state index contributed by atoms with van der Waals surface area (Å²) in [5, 5.41) is 12.0. The number of hydrogen-bond donors (Lipinski definition) is 2. The molecule has 1 aliphatic heterocycles. The van der Waals surface area contributed by atoms with Crippen molar-refractivity contribution >= 4 is 5.97 Å². The Hall–Kier alpha value is -0.650. The van der Waals surface area contributed by atoms with Gasteiger partial charge in [-0.15, -0.1) is 0 Å². The molecule has 23 heavy (non-hydrogen) atoms. The molecule has 0 bridgehead atoms. The molecular formula is C18H35NO4. The van der Waals surface area contributed by atoms with E-state index in [-0.39, 0.29) is 30.7 Å². The van der Waals surface area contributed by atoms with Crippen LogP contribution in [0.5, 0.6) is 0 Å². The monoisotopic (exact) mass is 329 g/mol. The number of hydrogen-bond acceptors (Lipinski definition) is 4. The third-order valence-corrected chi connectivity index (χ3v) is 4.74. The van der Waals surface area contributed by atoms with Crippen LogP contribution >= 0.6 is 0 Å². The van der Waals surface area contributed by atoms with E-state index in [2.05, 4.69) is 19.2 Å². The largest absolute Gasteiger partial charge is 0.480 e. The predicted molar refractivity (Wildman–Crippen MR) is 91.7 cm³/mol. The summed E-state index contributed by atoms with van der Waals surface area (Å²) >= 11 is 0. The summed E-state index contributed by atoms with van der Waals surface area (Å²) in [6.07, 6.45) is 9.94. The maximum absolute atomic E-state index is 10.9. The van der Waals surface area contributed by atoms with Gasteiger partial charge < -0.3 is 14.6 Å². The van der Waals surface area contributed by atoms with E-state index >= 15 is 0 Å². The van der Waals surface area contributed by atoms with E-state index in [0.717, 1.165) is 12.8 Å². The summed E-state index contributed by atoms with van der Waals surface area (Å²) in [7, 11) is 1.70. The topological polar surface area (TPSA) is 67.8 Å². The molecule has 0 saturated carbocycles. The van der Waals surface area contributed by atoms with Gasteiger partial charge in [-0.25, -0.2) is 0 Å². The molecule has 1 heterocycles. The average Bonchev–Trinajstić information content (AvgIpc) is 2.53. The first-order chi connectivity index (χ1) is 11.1. The number of methoxy groups -OCH3 is 1. The molecule has 4 atom stereocenters. The van der Waals surface area contributed by atoms with Crippen LogP contribution in [-0.4, -0.2) is 49.6 Å². The Morgan fingerprint density at radius 2 is 1.87 bits per heavy atom. The van der Waals surface area contributed by atoms with Gasteiger partial charge in [-0.05, 0) is 6.42 Å². The first-order valence-corrected chi connectivity index (χ1v) is 9.19. The Morgan fingerprint density at radius 1 is 1.22 bits per heavy atom. The molecule has 0 amide bonds. The van der Waals surface area contributed by atoms with Crippen molar-refractivity contribution in [3.05, 3.63) is 0 Å². The Bertz CT molecular complexity index is 324. The van der Waals surface area contributed by atoms with Crippen LogP contribution in [0.25, 0.3) is 0 Å². The fourth-order valence-electron chi connectivity index (χ4n) is 3.44. The minimum atomic E-state index is -0.840. The molecule has 1 saturated heterocycles. The smallest absolute Gasteiger partial charge is 0.317 e. The van der Waals surface area contributed by atoms with Gasteiger partial charge in [0.1, 0.15) is 0 Å². The lowest BCUT2D eigenvalue weighted by Gasteiger charge is -2.41. The van der Waals surface area contributed by atoms with Crippen LogP contribution in [0.1, 0.15) is 65.2 Å². The number of rotatable bonds is 12. The van der Waals surface area contributed by atoms with E-state index in [1.54, 1.807) is 7.11 Å². The number of carboxylic acid groups (broad SMARTS) is 1. The molecule has 136 valence electrons. The molecule has 0 unspecified atom stereocenters. The third kappa shape index (κ3) is 7.64. The normalized spacial score (nSPS) is 28.0. The highest BCUT2D eigenvalue weighted by molar-refractivity contribution is 5.69. The van der Waals surface area contributed by atoms with Crippen LogP contribution in [0.3, 0.4) is 0 Å². The van der Waals surface area contributed by atoms with Crippen molar-refractivity contribution in [1.29, 1.82) is 0 Å². The first-order valence-electron chi connectivity index (χ1n) is 9.19. The molecule has 0 spiro atoms. The minimum Gasteiger partial charge on any atom is -0.480 e. The second kappa shape index (κ2) is 11.8. The molecule has 5 heteroatoms. The number of carbonyl (C=O) groups is 1. The van der Waals surface area contributed by atoms with Crippen LogP contribution in [0, 0.1) is 5.92 Å². The number of nitrogens with one attached hydrogen (secondary N) is 1.